The van der Waals surface area contributed by atoms with Crippen molar-refractivity contribution >= 4 is 13.7 Å². The van der Waals surface area contributed by atoms with Gasteiger partial charge < -0.3 is 28.8 Å². The summed E-state index contributed by atoms with van der Waals surface area (Å²) in [6.45, 7) is 4.71. The lowest BCUT2D eigenvalue weighted by Crippen LogP contribution is -2.45. The van der Waals surface area contributed by atoms with Crippen molar-refractivity contribution in [2.45, 2.75) is 360 Å². The average molecular weight is 1070 g/mol. The van der Waals surface area contributed by atoms with Crippen LogP contribution in [0.25, 0.3) is 0 Å². The van der Waals surface area contributed by atoms with Gasteiger partial charge in [-0.15, -0.1) is 0 Å². The molecular weight excluding hydrogens is 936 g/mol. The van der Waals surface area contributed by atoms with E-state index in [-0.39, 0.29) is 19.1 Å². The second kappa shape index (κ2) is 56.9. The number of unbranched alkanes of at least 4 members (excludes halogenated alkanes) is 49. The quantitative estimate of drug-likeness (QED) is 0.0272. The predicted molar refractivity (Wildman–Crippen MR) is 321 cm³/mol. The van der Waals surface area contributed by atoms with Crippen LogP contribution < -0.4 is 10.2 Å². The normalized spacial score (nSPS) is 13.8. The van der Waals surface area contributed by atoms with Gasteiger partial charge in [-0.1, -0.05) is 334 Å². The van der Waals surface area contributed by atoms with Crippen LogP contribution in [0.2, 0.25) is 0 Å². The van der Waals surface area contributed by atoms with Gasteiger partial charge in [-0.2, -0.15) is 0 Å². The van der Waals surface area contributed by atoms with Gasteiger partial charge in [-0.3, -0.25) is 9.36 Å². The standard InChI is InChI=1S/C65H131N2O6P/c1-6-8-10-12-14-16-18-20-22-24-26-28-29-30-31-32-33-34-35-36-37-38-39-40-42-44-46-48-50-52-54-56-58-64(68)63(62-73-74(70,71)72-61-60-67(3,4)5)66-65(69)59-57-55-53-51-49-47-45-43-41-27-25-23-21-19-17-15-13-11-9-7-2/h56,58,63-64,68H,6-55,57,59-62H2,1-5H3,(H-,66,69,70,71)/b58-56+. The number of likely N-dealkylation sites (N-methyl/N-ethyl adjacent to an activating group) is 1. The van der Waals surface area contributed by atoms with Gasteiger partial charge in [0.15, 0.2) is 0 Å². The molecule has 0 aromatic rings. The molecule has 0 saturated carbocycles. The molecule has 0 radical (unpaired) electrons. The number of phosphoric ester groups is 1. The summed E-state index contributed by atoms with van der Waals surface area (Å²) >= 11 is 0. The highest BCUT2D eigenvalue weighted by Crippen LogP contribution is 2.38. The summed E-state index contributed by atoms with van der Waals surface area (Å²) < 4.78 is 23.4. The molecule has 2 N–H and O–H groups in total. The van der Waals surface area contributed by atoms with Crippen molar-refractivity contribution in [3.63, 3.8) is 0 Å². The Balaban J connectivity index is 4.04. The molecule has 74 heavy (non-hydrogen) atoms. The third-order valence-electron chi connectivity index (χ3n) is 15.5. The van der Waals surface area contributed by atoms with Crippen LogP contribution in [0.3, 0.4) is 0 Å². The lowest BCUT2D eigenvalue weighted by molar-refractivity contribution is -0.870. The van der Waals surface area contributed by atoms with Crippen molar-refractivity contribution in [3.8, 4) is 0 Å². The number of nitrogens with one attached hydrogen (secondary N) is 1. The maximum Gasteiger partial charge on any atom is 0.268 e. The molecule has 0 rings (SSSR count). The molecule has 0 heterocycles. The second-order valence-electron chi connectivity index (χ2n) is 24.2. The fourth-order valence-electron chi connectivity index (χ4n) is 10.3. The van der Waals surface area contributed by atoms with Crippen LogP contribution in [0.15, 0.2) is 12.2 Å². The Morgan fingerprint density at radius 2 is 0.730 bits per heavy atom. The van der Waals surface area contributed by atoms with Gasteiger partial charge in [-0.25, -0.2) is 0 Å². The molecule has 3 unspecified atom stereocenters. The van der Waals surface area contributed by atoms with Crippen LogP contribution >= 0.6 is 7.82 Å². The zero-order chi connectivity index (χ0) is 54.2. The molecule has 3 atom stereocenters. The first-order chi connectivity index (χ1) is 36.0. The van der Waals surface area contributed by atoms with E-state index in [0.29, 0.717) is 17.4 Å². The third kappa shape index (κ3) is 58.9. The summed E-state index contributed by atoms with van der Waals surface area (Å²) in [6.07, 6.45) is 71.8. The lowest BCUT2D eigenvalue weighted by Gasteiger charge is -2.29. The fourth-order valence-corrected chi connectivity index (χ4v) is 11.1. The SMILES string of the molecule is CCCCCCCCCCCCCCCCCCCCCCCCCCCCCCCC/C=C/C(O)C(COP(=O)([O-])OCC[N+](C)(C)C)NC(=O)CCCCCCCCCCCCCCCCCCCCCC. The highest BCUT2D eigenvalue weighted by atomic mass is 31.2. The number of carbonyl (C=O) groups is 1. The number of aliphatic hydroxyl groups is 1. The summed E-state index contributed by atoms with van der Waals surface area (Å²) in [7, 11) is 1.28. The van der Waals surface area contributed by atoms with Gasteiger partial charge in [0.25, 0.3) is 7.82 Å². The molecule has 442 valence electrons. The predicted octanol–water partition coefficient (Wildman–Crippen LogP) is 19.9. The van der Waals surface area contributed by atoms with Crippen LogP contribution in [0, 0.1) is 0 Å². The Labute approximate surface area is 462 Å². The Hall–Kier alpha value is -0.760. The van der Waals surface area contributed by atoms with E-state index in [1.54, 1.807) is 6.08 Å². The van der Waals surface area contributed by atoms with Crippen LogP contribution in [0.5, 0.6) is 0 Å². The van der Waals surface area contributed by atoms with Crippen molar-refractivity contribution in [1.29, 1.82) is 0 Å². The fraction of sp³-hybridized carbons (Fsp3) is 0.954. The van der Waals surface area contributed by atoms with Gasteiger partial charge in [0.1, 0.15) is 13.2 Å². The number of carbonyl (C=O) groups excluding carboxylic acids is 1. The van der Waals surface area contributed by atoms with Gasteiger partial charge in [0.2, 0.25) is 5.91 Å². The largest absolute Gasteiger partial charge is 0.756 e. The smallest absolute Gasteiger partial charge is 0.268 e. The molecular formula is C65H131N2O6P. The topological polar surface area (TPSA) is 108 Å². The zero-order valence-electron chi connectivity index (χ0n) is 50.6. The van der Waals surface area contributed by atoms with E-state index in [4.69, 9.17) is 9.05 Å². The number of hydrogen-bond acceptors (Lipinski definition) is 6. The number of quaternary nitrogens is 1. The number of amides is 1. The first-order valence-electron chi connectivity index (χ1n) is 33.1. The second-order valence-corrected chi connectivity index (χ2v) is 25.6. The molecule has 0 aliphatic carbocycles. The minimum atomic E-state index is -4.60. The van der Waals surface area contributed by atoms with Crippen molar-refractivity contribution in [2.24, 2.45) is 0 Å². The zero-order valence-corrected chi connectivity index (χ0v) is 51.5. The molecule has 0 spiro atoms. The monoisotopic (exact) mass is 1070 g/mol. The molecule has 0 fully saturated rings. The summed E-state index contributed by atoms with van der Waals surface area (Å²) in [5.74, 6) is -0.189. The van der Waals surface area contributed by atoms with E-state index in [0.717, 1.165) is 38.5 Å². The van der Waals surface area contributed by atoms with Crippen molar-refractivity contribution in [1.82, 2.24) is 5.32 Å². The van der Waals surface area contributed by atoms with Gasteiger partial charge in [-0.05, 0) is 19.3 Å². The Kier molecular flexibility index (Phi) is 56.4. The first kappa shape index (κ1) is 73.2. The summed E-state index contributed by atoms with van der Waals surface area (Å²) in [4.78, 5) is 25.6. The summed E-state index contributed by atoms with van der Waals surface area (Å²) in [5.41, 5.74) is 0. The Morgan fingerprint density at radius 3 is 1.01 bits per heavy atom. The molecule has 0 bridgehead atoms. The van der Waals surface area contributed by atoms with Crippen LogP contribution in [-0.2, 0) is 18.4 Å². The number of nitrogens with zero attached hydrogens (tertiary/aromatic N) is 1. The number of rotatable bonds is 62. The number of allylic oxidation sites excluding steroid dienone is 1. The van der Waals surface area contributed by atoms with Crippen molar-refractivity contribution < 1.29 is 32.9 Å². The number of phosphoric acid groups is 1. The third-order valence-corrected chi connectivity index (χ3v) is 16.5. The van der Waals surface area contributed by atoms with E-state index in [1.165, 1.54) is 289 Å². The molecule has 9 heteroatoms. The van der Waals surface area contributed by atoms with Crippen LogP contribution in [0.4, 0.5) is 0 Å². The summed E-state index contributed by atoms with van der Waals surface area (Å²) in [5, 5.41) is 13.9. The highest BCUT2D eigenvalue weighted by molar-refractivity contribution is 7.45. The van der Waals surface area contributed by atoms with Crippen LogP contribution in [-0.4, -0.2) is 68.5 Å². The summed E-state index contributed by atoms with van der Waals surface area (Å²) in [6, 6.07) is -0.883. The molecule has 0 saturated heterocycles. The van der Waals surface area contributed by atoms with Crippen molar-refractivity contribution in [3.05, 3.63) is 12.2 Å². The average Bonchev–Trinajstić information content (AvgIpc) is 3.36. The van der Waals surface area contributed by atoms with Gasteiger partial charge >= 0.3 is 0 Å². The maximum atomic E-state index is 13.0. The molecule has 0 aliphatic rings. The molecule has 8 nitrogen and oxygen atoms in total. The van der Waals surface area contributed by atoms with Crippen LogP contribution in [0.1, 0.15) is 348 Å². The number of hydrogen-bond donors (Lipinski definition) is 2. The Morgan fingerprint density at radius 1 is 0.459 bits per heavy atom. The highest BCUT2D eigenvalue weighted by Gasteiger charge is 2.23. The van der Waals surface area contributed by atoms with Gasteiger partial charge in [0.05, 0.1) is 39.9 Å². The van der Waals surface area contributed by atoms with E-state index in [9.17, 15) is 19.4 Å². The van der Waals surface area contributed by atoms with Gasteiger partial charge in [0, 0.05) is 6.42 Å². The van der Waals surface area contributed by atoms with E-state index in [2.05, 4.69) is 19.2 Å². The van der Waals surface area contributed by atoms with E-state index < -0.39 is 20.0 Å². The minimum Gasteiger partial charge on any atom is -0.756 e. The van der Waals surface area contributed by atoms with Crippen molar-refractivity contribution in [2.75, 3.05) is 40.9 Å². The maximum absolute atomic E-state index is 13.0. The molecule has 0 aromatic carbocycles. The molecule has 0 aliphatic heterocycles. The lowest BCUT2D eigenvalue weighted by atomic mass is 10.0. The number of aliphatic hydroxyl groups excluding tert-OH is 1. The Bertz CT molecular complexity index is 1210. The van der Waals surface area contributed by atoms with E-state index >= 15 is 0 Å². The minimum absolute atomic E-state index is 0.00288. The molecule has 1 amide bonds. The van der Waals surface area contributed by atoms with E-state index in [1.807, 2.05) is 27.2 Å². The molecule has 0 aromatic heterocycles. The first-order valence-corrected chi connectivity index (χ1v) is 34.5.